The van der Waals surface area contributed by atoms with Crippen molar-refractivity contribution in [2.45, 2.75) is 19.6 Å². The van der Waals surface area contributed by atoms with Crippen molar-refractivity contribution in [2.24, 2.45) is 0 Å². The second-order valence-electron chi connectivity index (χ2n) is 5.44. The number of carbonyl (C=O) groups excluding carboxylic acids is 2. The van der Waals surface area contributed by atoms with Crippen LogP contribution in [0.5, 0.6) is 11.5 Å². The molecule has 0 saturated heterocycles. The normalized spacial score (nSPS) is 11.6. The fourth-order valence-corrected chi connectivity index (χ4v) is 2.13. The molecule has 0 aliphatic heterocycles. The zero-order valence-electron chi connectivity index (χ0n) is 14.5. The van der Waals surface area contributed by atoms with E-state index in [0.717, 1.165) is 0 Å². The van der Waals surface area contributed by atoms with E-state index in [2.05, 4.69) is 4.74 Å². The number of nitro groups is 1. The molecule has 0 aliphatic carbocycles. The van der Waals surface area contributed by atoms with Gasteiger partial charge in [0.05, 0.1) is 4.92 Å². The number of Topliss-reactive ketones (excluding diaryl/α,β-unsaturated/α-hetero) is 1. The largest absolute Gasteiger partial charge is 0.482 e. The van der Waals surface area contributed by atoms with Crippen LogP contribution in [0.4, 0.5) is 14.5 Å². The van der Waals surface area contributed by atoms with Crippen molar-refractivity contribution in [3.05, 3.63) is 64.2 Å². The highest BCUT2D eigenvalue weighted by molar-refractivity contribution is 6.00. The summed E-state index contributed by atoms with van der Waals surface area (Å²) < 4.78 is 38.5. The van der Waals surface area contributed by atoms with Gasteiger partial charge in [0.25, 0.3) is 5.69 Å². The van der Waals surface area contributed by atoms with E-state index in [-0.39, 0.29) is 22.7 Å². The van der Waals surface area contributed by atoms with Crippen LogP contribution in [-0.2, 0) is 9.53 Å². The van der Waals surface area contributed by atoms with Crippen LogP contribution >= 0.6 is 0 Å². The lowest BCUT2D eigenvalue weighted by molar-refractivity contribution is -0.384. The van der Waals surface area contributed by atoms with Crippen LogP contribution in [-0.4, -0.2) is 36.0 Å². The Hall–Kier alpha value is -3.56. The lowest BCUT2D eigenvalue weighted by Gasteiger charge is -2.13. The van der Waals surface area contributed by atoms with Crippen LogP contribution in [0.3, 0.4) is 0 Å². The number of halogens is 2. The number of nitrogens with zero attached hydrogens (tertiary/aromatic N) is 1. The van der Waals surface area contributed by atoms with Gasteiger partial charge in [-0.25, -0.2) is 4.79 Å². The van der Waals surface area contributed by atoms with E-state index in [0.29, 0.717) is 0 Å². The average Bonchev–Trinajstić information content (AvgIpc) is 2.66. The van der Waals surface area contributed by atoms with Gasteiger partial charge in [0, 0.05) is 17.7 Å². The van der Waals surface area contributed by atoms with Crippen molar-refractivity contribution in [3.8, 4) is 11.5 Å². The Kier molecular flexibility index (Phi) is 6.96. The molecule has 0 aromatic heterocycles. The number of nitro benzene ring substituents is 1. The zero-order chi connectivity index (χ0) is 20.7. The van der Waals surface area contributed by atoms with E-state index in [1.807, 2.05) is 0 Å². The van der Waals surface area contributed by atoms with Crippen LogP contribution in [0.25, 0.3) is 0 Å². The highest BCUT2D eigenvalue weighted by atomic mass is 19.3. The molecule has 2 rings (SSSR count). The van der Waals surface area contributed by atoms with Crippen molar-refractivity contribution in [1.82, 2.24) is 0 Å². The maximum atomic E-state index is 12.2. The molecule has 28 heavy (non-hydrogen) atoms. The minimum Gasteiger partial charge on any atom is -0.482 e. The number of rotatable bonds is 9. The molecular formula is C18H15F2NO7. The summed E-state index contributed by atoms with van der Waals surface area (Å²) in [5, 5.41) is 10.6. The van der Waals surface area contributed by atoms with Crippen molar-refractivity contribution >= 4 is 17.4 Å². The Balaban J connectivity index is 1.85. The van der Waals surface area contributed by atoms with Gasteiger partial charge in [0.2, 0.25) is 5.78 Å². The molecule has 0 amide bonds. The second kappa shape index (κ2) is 9.40. The third-order valence-corrected chi connectivity index (χ3v) is 3.45. The summed E-state index contributed by atoms with van der Waals surface area (Å²) in [5.41, 5.74) is 0.0253. The van der Waals surface area contributed by atoms with Crippen molar-refractivity contribution < 1.29 is 37.5 Å². The minimum absolute atomic E-state index is 0.104. The Morgan fingerprint density at radius 1 is 1.04 bits per heavy atom. The molecule has 0 aliphatic rings. The van der Waals surface area contributed by atoms with Crippen molar-refractivity contribution in [1.29, 1.82) is 0 Å². The Morgan fingerprint density at radius 3 is 2.14 bits per heavy atom. The van der Waals surface area contributed by atoms with Crippen molar-refractivity contribution in [2.75, 3.05) is 6.61 Å². The third kappa shape index (κ3) is 6.01. The highest BCUT2D eigenvalue weighted by Crippen LogP contribution is 2.18. The first-order chi connectivity index (χ1) is 13.3. The lowest BCUT2D eigenvalue weighted by Crippen LogP contribution is -2.27. The van der Waals surface area contributed by atoms with Gasteiger partial charge in [0.1, 0.15) is 11.5 Å². The standard InChI is InChI=1S/C18H15F2NO7/c1-11(17(23)12-2-6-15(7-3-12)28-18(19)20)27-16(22)10-26-14-8-4-13(5-9-14)21(24)25/h2-9,11,18H,10H2,1H3/t11-/m0/s1. The molecule has 0 saturated carbocycles. The second-order valence-corrected chi connectivity index (χ2v) is 5.44. The van der Waals surface area contributed by atoms with E-state index >= 15 is 0 Å². The Morgan fingerprint density at radius 2 is 1.61 bits per heavy atom. The van der Waals surface area contributed by atoms with Gasteiger partial charge in [-0.05, 0) is 43.3 Å². The number of non-ortho nitro benzene ring substituents is 1. The molecule has 1 atom stereocenters. The molecule has 8 nitrogen and oxygen atoms in total. The quantitative estimate of drug-likeness (QED) is 0.277. The van der Waals surface area contributed by atoms with Gasteiger partial charge in [-0.2, -0.15) is 8.78 Å². The molecule has 2 aromatic carbocycles. The van der Waals surface area contributed by atoms with E-state index in [1.165, 1.54) is 55.5 Å². The summed E-state index contributed by atoms with van der Waals surface area (Å²) in [6.45, 7) is -2.12. The monoisotopic (exact) mass is 395 g/mol. The molecule has 0 fully saturated rings. The molecule has 148 valence electrons. The number of ketones is 1. The number of ether oxygens (including phenoxy) is 3. The van der Waals surface area contributed by atoms with E-state index in [1.54, 1.807) is 0 Å². The van der Waals surface area contributed by atoms with Gasteiger partial charge in [-0.1, -0.05) is 0 Å². The molecule has 0 heterocycles. The molecule has 0 bridgehead atoms. The fraction of sp³-hybridized carbons (Fsp3) is 0.222. The molecule has 0 unspecified atom stereocenters. The smallest absolute Gasteiger partial charge is 0.387 e. The number of alkyl halides is 2. The van der Waals surface area contributed by atoms with Crippen LogP contribution in [0.2, 0.25) is 0 Å². The number of hydrogen-bond acceptors (Lipinski definition) is 7. The predicted molar refractivity (Wildman–Crippen MR) is 91.5 cm³/mol. The van der Waals surface area contributed by atoms with E-state index in [9.17, 15) is 28.5 Å². The summed E-state index contributed by atoms with van der Waals surface area (Å²) in [5.74, 6) is -1.24. The van der Waals surface area contributed by atoms with Crippen LogP contribution < -0.4 is 9.47 Å². The maximum Gasteiger partial charge on any atom is 0.387 e. The number of carbonyl (C=O) groups is 2. The average molecular weight is 395 g/mol. The first-order valence-electron chi connectivity index (χ1n) is 7.92. The minimum atomic E-state index is -2.97. The highest BCUT2D eigenvalue weighted by Gasteiger charge is 2.20. The van der Waals surface area contributed by atoms with Gasteiger partial charge in [-0.15, -0.1) is 0 Å². The van der Waals surface area contributed by atoms with E-state index < -0.39 is 36.0 Å². The summed E-state index contributed by atoms with van der Waals surface area (Å²) in [7, 11) is 0. The van der Waals surface area contributed by atoms with Gasteiger partial charge in [0.15, 0.2) is 12.7 Å². The summed E-state index contributed by atoms with van der Waals surface area (Å²) in [6.07, 6.45) is -1.13. The zero-order valence-corrected chi connectivity index (χ0v) is 14.5. The first kappa shape index (κ1) is 20.7. The number of esters is 1. The number of hydrogen-bond donors (Lipinski definition) is 0. The SMILES string of the molecule is C[C@H](OC(=O)COc1ccc([N+](=O)[O-])cc1)C(=O)c1ccc(OC(F)F)cc1. The van der Waals surface area contributed by atoms with Gasteiger partial charge in [-0.3, -0.25) is 14.9 Å². The van der Waals surface area contributed by atoms with Crippen molar-refractivity contribution in [3.63, 3.8) is 0 Å². The predicted octanol–water partition coefficient (Wildman–Crippen LogP) is 3.39. The molecule has 0 N–H and O–H groups in total. The van der Waals surface area contributed by atoms with Gasteiger partial charge < -0.3 is 14.2 Å². The maximum absolute atomic E-state index is 12.2. The molecule has 10 heteroatoms. The van der Waals surface area contributed by atoms with Crippen LogP contribution in [0, 0.1) is 10.1 Å². The summed E-state index contributed by atoms with van der Waals surface area (Å²) in [6, 6.07) is 10.0. The topological polar surface area (TPSA) is 105 Å². The molecule has 0 spiro atoms. The summed E-state index contributed by atoms with van der Waals surface area (Å²) >= 11 is 0. The third-order valence-electron chi connectivity index (χ3n) is 3.45. The van der Waals surface area contributed by atoms with E-state index in [4.69, 9.17) is 9.47 Å². The molecule has 2 aromatic rings. The molecular weight excluding hydrogens is 380 g/mol. The summed E-state index contributed by atoms with van der Waals surface area (Å²) in [4.78, 5) is 34.0. The number of benzene rings is 2. The fourth-order valence-electron chi connectivity index (χ4n) is 2.13. The Labute approximate surface area is 157 Å². The lowest BCUT2D eigenvalue weighted by atomic mass is 10.1. The first-order valence-corrected chi connectivity index (χ1v) is 7.92. The van der Waals surface area contributed by atoms with Crippen LogP contribution in [0.1, 0.15) is 17.3 Å². The van der Waals surface area contributed by atoms with Gasteiger partial charge >= 0.3 is 12.6 Å². The molecule has 0 radical (unpaired) electrons. The van der Waals surface area contributed by atoms with Crippen LogP contribution in [0.15, 0.2) is 48.5 Å². The Bertz CT molecular complexity index is 838.